The standard InChI is InChI=1S/C25H33N11O/c1-15(2)36(16(3)4)8-7-28-24(37)18-9-21(17(5)29-10-18)32-22-20-13-30-25(33-23(20)35(6)34-22)31-19-11-26-14-27-12-19/h9-16H,7-8H2,1-6H3,(H,28,37)(H,32,34)(H,30,31,33). The molecule has 4 rings (SSSR count). The number of aromatic nitrogens is 7. The van der Waals surface area contributed by atoms with Gasteiger partial charge in [0.05, 0.1) is 40.4 Å². The van der Waals surface area contributed by atoms with E-state index in [9.17, 15) is 4.79 Å². The SMILES string of the molecule is Cc1ncc(C(=O)NCCN(C(C)C)C(C)C)cc1Nc1nn(C)c2nc(Nc3cncnc3)ncc12. The monoisotopic (exact) mass is 503 g/mol. The molecule has 0 spiro atoms. The molecule has 0 atom stereocenters. The van der Waals surface area contributed by atoms with Crippen LogP contribution in [0.25, 0.3) is 11.0 Å². The molecular formula is C25H33N11O. The Morgan fingerprint density at radius 3 is 2.46 bits per heavy atom. The summed E-state index contributed by atoms with van der Waals surface area (Å²) in [5.74, 6) is 0.804. The predicted molar refractivity (Wildman–Crippen MR) is 143 cm³/mol. The maximum Gasteiger partial charge on any atom is 0.252 e. The van der Waals surface area contributed by atoms with Crippen LogP contribution in [0.5, 0.6) is 0 Å². The number of amides is 1. The lowest BCUT2D eigenvalue weighted by molar-refractivity contribution is 0.0939. The fourth-order valence-electron chi connectivity index (χ4n) is 4.11. The van der Waals surface area contributed by atoms with Gasteiger partial charge in [-0.25, -0.2) is 19.6 Å². The second-order valence-corrected chi connectivity index (χ2v) is 9.32. The van der Waals surface area contributed by atoms with E-state index in [0.29, 0.717) is 53.0 Å². The molecule has 0 aromatic carbocycles. The Bertz CT molecular complexity index is 1360. The number of anilines is 4. The van der Waals surface area contributed by atoms with Gasteiger partial charge < -0.3 is 16.0 Å². The number of nitrogens with one attached hydrogen (secondary N) is 3. The maximum absolute atomic E-state index is 12.8. The number of carbonyl (C=O) groups is 1. The van der Waals surface area contributed by atoms with Crippen LogP contribution in [0.3, 0.4) is 0 Å². The second-order valence-electron chi connectivity index (χ2n) is 9.32. The average Bonchev–Trinajstić information content (AvgIpc) is 3.17. The molecule has 12 heteroatoms. The van der Waals surface area contributed by atoms with Crippen molar-refractivity contribution in [2.75, 3.05) is 23.7 Å². The zero-order chi connectivity index (χ0) is 26.5. The van der Waals surface area contributed by atoms with E-state index in [0.717, 1.165) is 17.6 Å². The molecule has 0 radical (unpaired) electrons. The highest BCUT2D eigenvalue weighted by Gasteiger charge is 2.16. The topological polar surface area (TPSA) is 139 Å². The fraction of sp³-hybridized carbons (Fsp3) is 0.400. The molecule has 0 aliphatic heterocycles. The highest BCUT2D eigenvalue weighted by Crippen LogP contribution is 2.26. The van der Waals surface area contributed by atoms with E-state index >= 15 is 0 Å². The number of nitrogens with zero attached hydrogens (tertiary/aromatic N) is 8. The van der Waals surface area contributed by atoms with Crippen LogP contribution in [-0.2, 0) is 7.05 Å². The molecule has 0 saturated heterocycles. The van der Waals surface area contributed by atoms with Crippen molar-refractivity contribution in [1.29, 1.82) is 0 Å². The second kappa shape index (κ2) is 11.2. The Morgan fingerprint density at radius 2 is 1.76 bits per heavy atom. The van der Waals surface area contributed by atoms with Crippen molar-refractivity contribution in [3.05, 3.63) is 48.4 Å². The molecule has 4 aromatic rings. The normalized spacial score (nSPS) is 11.5. The maximum atomic E-state index is 12.8. The van der Waals surface area contributed by atoms with Gasteiger partial charge in [-0.1, -0.05) is 0 Å². The Labute approximate surface area is 216 Å². The molecule has 1 amide bonds. The van der Waals surface area contributed by atoms with Crippen LogP contribution >= 0.6 is 0 Å². The Morgan fingerprint density at radius 1 is 1.03 bits per heavy atom. The quantitative estimate of drug-likeness (QED) is 0.296. The number of rotatable bonds is 10. The van der Waals surface area contributed by atoms with Crippen LogP contribution < -0.4 is 16.0 Å². The van der Waals surface area contributed by atoms with Gasteiger partial charge in [0.1, 0.15) is 6.33 Å². The summed E-state index contributed by atoms with van der Waals surface area (Å²) >= 11 is 0. The lowest BCUT2D eigenvalue weighted by Gasteiger charge is -2.30. The number of pyridine rings is 1. The number of aryl methyl sites for hydroxylation is 2. The van der Waals surface area contributed by atoms with Crippen molar-refractivity contribution < 1.29 is 4.79 Å². The average molecular weight is 504 g/mol. The van der Waals surface area contributed by atoms with Gasteiger partial charge in [-0.15, -0.1) is 0 Å². The number of hydrogen-bond acceptors (Lipinski definition) is 10. The van der Waals surface area contributed by atoms with E-state index in [4.69, 9.17) is 0 Å². The van der Waals surface area contributed by atoms with Crippen LogP contribution in [0.1, 0.15) is 43.7 Å². The summed E-state index contributed by atoms with van der Waals surface area (Å²) in [6, 6.07) is 2.60. The van der Waals surface area contributed by atoms with Crippen molar-refractivity contribution in [1.82, 2.24) is 44.9 Å². The summed E-state index contributed by atoms with van der Waals surface area (Å²) in [6.07, 6.45) is 8.01. The zero-order valence-electron chi connectivity index (χ0n) is 22.0. The Hall–Kier alpha value is -4.19. The summed E-state index contributed by atoms with van der Waals surface area (Å²) < 4.78 is 1.67. The minimum absolute atomic E-state index is 0.169. The minimum Gasteiger partial charge on any atom is -0.351 e. The van der Waals surface area contributed by atoms with Gasteiger partial charge in [0.25, 0.3) is 5.91 Å². The van der Waals surface area contributed by atoms with E-state index in [1.165, 1.54) is 6.33 Å². The van der Waals surface area contributed by atoms with Gasteiger partial charge in [-0.3, -0.25) is 14.7 Å². The van der Waals surface area contributed by atoms with Crippen molar-refractivity contribution in [2.24, 2.45) is 7.05 Å². The first-order chi connectivity index (χ1) is 17.7. The first-order valence-electron chi connectivity index (χ1n) is 12.2. The molecule has 0 aliphatic rings. The lowest BCUT2D eigenvalue weighted by atomic mass is 10.2. The molecule has 0 unspecified atom stereocenters. The summed E-state index contributed by atoms with van der Waals surface area (Å²) in [6.45, 7) is 11.8. The van der Waals surface area contributed by atoms with E-state index in [1.54, 1.807) is 35.5 Å². The van der Waals surface area contributed by atoms with Gasteiger partial charge in [0.2, 0.25) is 5.95 Å². The summed E-state index contributed by atoms with van der Waals surface area (Å²) in [5.41, 5.74) is 3.21. The molecule has 194 valence electrons. The fourth-order valence-corrected chi connectivity index (χ4v) is 4.11. The number of carbonyl (C=O) groups excluding carboxylic acids is 1. The van der Waals surface area contributed by atoms with Gasteiger partial charge in [-0.2, -0.15) is 10.1 Å². The molecule has 0 aliphatic carbocycles. The molecule has 37 heavy (non-hydrogen) atoms. The molecule has 12 nitrogen and oxygen atoms in total. The van der Waals surface area contributed by atoms with E-state index in [-0.39, 0.29) is 5.91 Å². The van der Waals surface area contributed by atoms with Gasteiger partial charge in [0.15, 0.2) is 11.5 Å². The van der Waals surface area contributed by atoms with E-state index < -0.39 is 0 Å². The van der Waals surface area contributed by atoms with Crippen LogP contribution in [-0.4, -0.2) is 70.7 Å². The van der Waals surface area contributed by atoms with Crippen LogP contribution in [0.2, 0.25) is 0 Å². The Balaban J connectivity index is 1.48. The number of fused-ring (bicyclic) bond motifs is 1. The van der Waals surface area contributed by atoms with Crippen molar-refractivity contribution in [2.45, 2.75) is 46.7 Å². The summed E-state index contributed by atoms with van der Waals surface area (Å²) in [4.78, 5) is 36.5. The first-order valence-corrected chi connectivity index (χ1v) is 12.2. The number of hydrogen-bond donors (Lipinski definition) is 3. The van der Waals surface area contributed by atoms with Gasteiger partial charge >= 0.3 is 0 Å². The van der Waals surface area contributed by atoms with Crippen molar-refractivity contribution >= 4 is 40.1 Å². The smallest absolute Gasteiger partial charge is 0.252 e. The van der Waals surface area contributed by atoms with E-state index in [2.05, 4.69) is 78.6 Å². The molecule has 0 bridgehead atoms. The molecule has 0 saturated carbocycles. The minimum atomic E-state index is -0.169. The van der Waals surface area contributed by atoms with Crippen LogP contribution in [0.4, 0.5) is 23.1 Å². The van der Waals surface area contributed by atoms with Gasteiger partial charge in [0, 0.05) is 44.6 Å². The predicted octanol–water partition coefficient (Wildman–Crippen LogP) is 3.19. The van der Waals surface area contributed by atoms with Crippen LogP contribution in [0.15, 0.2) is 37.2 Å². The molecular weight excluding hydrogens is 470 g/mol. The van der Waals surface area contributed by atoms with Crippen LogP contribution in [0, 0.1) is 6.92 Å². The molecule has 4 heterocycles. The third-order valence-corrected chi connectivity index (χ3v) is 5.98. The highest BCUT2D eigenvalue weighted by atomic mass is 16.1. The first kappa shape index (κ1) is 25.9. The van der Waals surface area contributed by atoms with Crippen molar-refractivity contribution in [3.63, 3.8) is 0 Å². The highest BCUT2D eigenvalue weighted by molar-refractivity contribution is 5.96. The Kier molecular flexibility index (Phi) is 7.87. The van der Waals surface area contributed by atoms with E-state index in [1.807, 2.05) is 14.0 Å². The molecule has 0 fully saturated rings. The largest absolute Gasteiger partial charge is 0.351 e. The molecule has 3 N–H and O–H groups in total. The zero-order valence-corrected chi connectivity index (χ0v) is 22.0. The third-order valence-electron chi connectivity index (χ3n) is 5.98. The molecule has 4 aromatic heterocycles. The summed E-state index contributed by atoms with van der Waals surface area (Å²) in [5, 5.41) is 14.7. The van der Waals surface area contributed by atoms with Gasteiger partial charge in [-0.05, 0) is 40.7 Å². The lowest BCUT2D eigenvalue weighted by Crippen LogP contribution is -2.42. The summed E-state index contributed by atoms with van der Waals surface area (Å²) in [7, 11) is 1.81. The van der Waals surface area contributed by atoms with Crippen molar-refractivity contribution in [3.8, 4) is 0 Å². The third kappa shape index (κ3) is 6.15.